The zero-order chi connectivity index (χ0) is 16.2. The Kier molecular flexibility index (Phi) is 5.61. The first-order valence-corrected chi connectivity index (χ1v) is 7.04. The first-order chi connectivity index (χ1) is 9.60. The topological polar surface area (TPSA) is 92.4 Å². The number of nitrogens with two attached hydrogens (primary N) is 1. The average Bonchev–Trinajstić information content (AvgIpc) is 2.35. The number of aliphatic carboxylic acids is 1. The summed E-state index contributed by atoms with van der Waals surface area (Å²) in [5, 5.41) is 12.1. The van der Waals surface area contributed by atoms with E-state index in [-0.39, 0.29) is 17.9 Å². The number of carboxylic acid groups (broad SMARTS) is 1. The molecule has 1 atom stereocenters. The van der Waals surface area contributed by atoms with Crippen LogP contribution in [0.15, 0.2) is 18.2 Å². The van der Waals surface area contributed by atoms with E-state index in [0.717, 1.165) is 0 Å². The van der Waals surface area contributed by atoms with Gasteiger partial charge in [0, 0.05) is 12.1 Å². The minimum atomic E-state index is -0.916. The highest BCUT2D eigenvalue weighted by Gasteiger charge is 2.25. The van der Waals surface area contributed by atoms with E-state index in [1.54, 1.807) is 12.1 Å². The van der Waals surface area contributed by atoms with Crippen LogP contribution >= 0.6 is 11.6 Å². The van der Waals surface area contributed by atoms with E-state index in [4.69, 9.17) is 17.3 Å². The number of nitrogens with one attached hydrogen (secondary N) is 1. The van der Waals surface area contributed by atoms with Crippen molar-refractivity contribution in [3.05, 3.63) is 28.8 Å². The molecule has 1 amide bonds. The van der Waals surface area contributed by atoms with Gasteiger partial charge in [0.2, 0.25) is 0 Å². The second-order valence-corrected chi connectivity index (χ2v) is 6.65. The Hall–Kier alpha value is -1.75. The monoisotopic (exact) mass is 312 g/mol. The molecule has 0 fully saturated rings. The number of carboxylic acids is 1. The molecule has 0 aliphatic heterocycles. The van der Waals surface area contributed by atoms with Crippen molar-refractivity contribution < 1.29 is 14.7 Å². The maximum absolute atomic E-state index is 12.0. The molecule has 1 aromatic rings. The molecular weight excluding hydrogens is 292 g/mol. The fourth-order valence-electron chi connectivity index (χ4n) is 1.97. The molecule has 1 aromatic carbocycles. The Balaban J connectivity index is 2.69. The van der Waals surface area contributed by atoms with Crippen molar-refractivity contribution in [2.75, 3.05) is 12.3 Å². The first kappa shape index (κ1) is 17.3. The SMILES string of the molecule is CC(C)(C)CC(CNC(=O)c1ccc(N)c(Cl)c1)C(=O)O. The van der Waals surface area contributed by atoms with Crippen LogP contribution in [-0.2, 0) is 4.79 Å². The third-order valence-corrected chi connectivity index (χ3v) is 3.31. The van der Waals surface area contributed by atoms with Crippen molar-refractivity contribution in [3.63, 3.8) is 0 Å². The summed E-state index contributed by atoms with van der Waals surface area (Å²) in [6.07, 6.45) is 0.477. The number of hydrogen-bond acceptors (Lipinski definition) is 3. The molecule has 0 spiro atoms. The van der Waals surface area contributed by atoms with Gasteiger partial charge in [-0.1, -0.05) is 32.4 Å². The summed E-state index contributed by atoms with van der Waals surface area (Å²) in [6, 6.07) is 4.56. The van der Waals surface area contributed by atoms with Crippen molar-refractivity contribution in [1.82, 2.24) is 5.32 Å². The zero-order valence-corrected chi connectivity index (χ0v) is 13.2. The van der Waals surface area contributed by atoms with Crippen LogP contribution in [-0.4, -0.2) is 23.5 Å². The van der Waals surface area contributed by atoms with E-state index >= 15 is 0 Å². The summed E-state index contributed by atoms with van der Waals surface area (Å²) in [5.74, 6) is -1.91. The summed E-state index contributed by atoms with van der Waals surface area (Å²) >= 11 is 5.86. The molecular formula is C15H21ClN2O3. The lowest BCUT2D eigenvalue weighted by molar-refractivity contribution is -0.142. The summed E-state index contributed by atoms with van der Waals surface area (Å²) in [5.41, 5.74) is 6.20. The second kappa shape index (κ2) is 6.80. The molecule has 21 heavy (non-hydrogen) atoms. The van der Waals surface area contributed by atoms with E-state index in [2.05, 4.69) is 5.32 Å². The number of halogens is 1. The maximum atomic E-state index is 12.0. The Morgan fingerprint density at radius 2 is 2.00 bits per heavy atom. The number of benzene rings is 1. The molecule has 1 rings (SSSR count). The molecule has 0 aliphatic carbocycles. The minimum Gasteiger partial charge on any atom is -0.481 e. The molecule has 0 heterocycles. The smallest absolute Gasteiger partial charge is 0.308 e. The molecule has 0 aromatic heterocycles. The molecule has 0 aliphatic rings. The quantitative estimate of drug-likeness (QED) is 0.729. The fraction of sp³-hybridized carbons (Fsp3) is 0.467. The van der Waals surface area contributed by atoms with Gasteiger partial charge in [-0.05, 0) is 30.0 Å². The standard InChI is InChI=1S/C15H21ClN2O3/c1-15(2,3)7-10(14(20)21)8-18-13(19)9-4-5-12(17)11(16)6-9/h4-6,10H,7-8,17H2,1-3H3,(H,18,19)(H,20,21). The number of hydrogen-bond donors (Lipinski definition) is 3. The number of nitrogen functional groups attached to an aromatic ring is 1. The van der Waals surface area contributed by atoms with E-state index in [1.165, 1.54) is 6.07 Å². The van der Waals surface area contributed by atoms with Crippen LogP contribution in [0.1, 0.15) is 37.6 Å². The van der Waals surface area contributed by atoms with E-state index in [9.17, 15) is 14.7 Å². The number of carbonyl (C=O) groups is 2. The van der Waals surface area contributed by atoms with Crippen LogP contribution in [0.5, 0.6) is 0 Å². The van der Waals surface area contributed by atoms with Gasteiger partial charge in [0.05, 0.1) is 16.6 Å². The second-order valence-electron chi connectivity index (χ2n) is 6.25. The Bertz CT molecular complexity index is 538. The van der Waals surface area contributed by atoms with Gasteiger partial charge < -0.3 is 16.2 Å². The third-order valence-electron chi connectivity index (χ3n) is 2.98. The number of amides is 1. The lowest BCUT2D eigenvalue weighted by Crippen LogP contribution is -2.35. The number of rotatable bonds is 5. The van der Waals surface area contributed by atoms with Gasteiger partial charge in [0.1, 0.15) is 0 Å². The Labute approximate surface area is 129 Å². The van der Waals surface area contributed by atoms with Crippen LogP contribution in [0.3, 0.4) is 0 Å². The van der Waals surface area contributed by atoms with E-state index < -0.39 is 11.9 Å². The molecule has 1 unspecified atom stereocenters. The summed E-state index contributed by atoms with van der Waals surface area (Å²) in [7, 11) is 0. The normalized spacial score (nSPS) is 12.8. The van der Waals surface area contributed by atoms with Gasteiger partial charge >= 0.3 is 5.97 Å². The molecule has 0 saturated heterocycles. The molecule has 116 valence electrons. The van der Waals surface area contributed by atoms with Crippen molar-refractivity contribution >= 4 is 29.2 Å². The van der Waals surface area contributed by atoms with Crippen molar-refractivity contribution in [2.24, 2.45) is 11.3 Å². The van der Waals surface area contributed by atoms with Crippen LogP contribution in [0.4, 0.5) is 5.69 Å². The minimum absolute atomic E-state index is 0.0768. The summed E-state index contributed by atoms with van der Waals surface area (Å²) < 4.78 is 0. The van der Waals surface area contributed by atoms with Gasteiger partial charge in [-0.2, -0.15) is 0 Å². The highest BCUT2D eigenvalue weighted by molar-refractivity contribution is 6.33. The highest BCUT2D eigenvalue weighted by atomic mass is 35.5. The lowest BCUT2D eigenvalue weighted by Gasteiger charge is -2.23. The van der Waals surface area contributed by atoms with Crippen molar-refractivity contribution in [3.8, 4) is 0 Å². The first-order valence-electron chi connectivity index (χ1n) is 6.66. The predicted molar refractivity (Wildman–Crippen MR) is 83.4 cm³/mol. The largest absolute Gasteiger partial charge is 0.481 e. The number of carbonyl (C=O) groups excluding carboxylic acids is 1. The van der Waals surface area contributed by atoms with Gasteiger partial charge in [-0.15, -0.1) is 0 Å². The number of anilines is 1. The summed E-state index contributed by atoms with van der Waals surface area (Å²) in [4.78, 5) is 23.2. The highest BCUT2D eigenvalue weighted by Crippen LogP contribution is 2.24. The van der Waals surface area contributed by atoms with Gasteiger partial charge in [0.25, 0.3) is 5.91 Å². The van der Waals surface area contributed by atoms with Crippen molar-refractivity contribution in [2.45, 2.75) is 27.2 Å². The van der Waals surface area contributed by atoms with E-state index in [0.29, 0.717) is 22.7 Å². The average molecular weight is 313 g/mol. The van der Waals surface area contributed by atoms with Crippen LogP contribution < -0.4 is 11.1 Å². The van der Waals surface area contributed by atoms with Gasteiger partial charge in [0.15, 0.2) is 0 Å². The van der Waals surface area contributed by atoms with Gasteiger partial charge in [-0.25, -0.2) is 0 Å². The fourth-order valence-corrected chi connectivity index (χ4v) is 2.15. The molecule has 4 N–H and O–H groups in total. The van der Waals surface area contributed by atoms with Gasteiger partial charge in [-0.3, -0.25) is 9.59 Å². The van der Waals surface area contributed by atoms with E-state index in [1.807, 2.05) is 20.8 Å². The Morgan fingerprint density at radius 1 is 1.38 bits per heavy atom. The van der Waals surface area contributed by atoms with Crippen LogP contribution in [0.2, 0.25) is 5.02 Å². The third kappa shape index (κ3) is 5.63. The van der Waals surface area contributed by atoms with Crippen molar-refractivity contribution in [1.29, 1.82) is 0 Å². The summed E-state index contributed by atoms with van der Waals surface area (Å²) in [6.45, 7) is 5.97. The molecule has 5 nitrogen and oxygen atoms in total. The molecule has 0 radical (unpaired) electrons. The predicted octanol–water partition coefficient (Wildman–Crippen LogP) is 2.79. The Morgan fingerprint density at radius 3 is 2.48 bits per heavy atom. The zero-order valence-electron chi connectivity index (χ0n) is 12.4. The maximum Gasteiger partial charge on any atom is 0.308 e. The van der Waals surface area contributed by atoms with Crippen LogP contribution in [0.25, 0.3) is 0 Å². The van der Waals surface area contributed by atoms with Crippen LogP contribution in [0, 0.1) is 11.3 Å². The molecule has 0 saturated carbocycles. The molecule has 6 heteroatoms. The molecule has 0 bridgehead atoms. The lowest BCUT2D eigenvalue weighted by atomic mass is 9.84.